The van der Waals surface area contributed by atoms with E-state index in [9.17, 15) is 0 Å². The molecule has 0 saturated carbocycles. The van der Waals surface area contributed by atoms with Crippen LogP contribution in [0, 0.1) is 6.92 Å². The quantitative estimate of drug-likeness (QED) is 0.161. The van der Waals surface area contributed by atoms with E-state index in [0.717, 1.165) is 77.9 Å². The van der Waals surface area contributed by atoms with Gasteiger partial charge in [-0.3, -0.25) is 4.57 Å². The van der Waals surface area contributed by atoms with Crippen molar-refractivity contribution >= 4 is 38.9 Å². The van der Waals surface area contributed by atoms with Gasteiger partial charge in [-0.15, -0.1) is 0 Å². The van der Waals surface area contributed by atoms with E-state index >= 15 is 0 Å². The van der Waals surface area contributed by atoms with Crippen LogP contribution in [-0.4, -0.2) is 24.1 Å². The molecule has 5 nitrogen and oxygen atoms in total. The number of fused-ring (bicyclic) bond motifs is 4. The predicted molar refractivity (Wildman–Crippen MR) is 211 cm³/mol. The summed E-state index contributed by atoms with van der Waals surface area (Å²) >= 11 is 0. The van der Waals surface area contributed by atoms with Crippen molar-refractivity contribution in [2.24, 2.45) is 0 Å². The van der Waals surface area contributed by atoms with Gasteiger partial charge in [-0.05, 0) is 60.5 Å². The molecule has 0 saturated heterocycles. The number of hydrogen-bond acceptors (Lipinski definition) is 3. The highest BCUT2D eigenvalue weighted by molar-refractivity contribution is 6.10. The van der Waals surface area contributed by atoms with Crippen LogP contribution in [0.2, 0.25) is 0 Å². The van der Waals surface area contributed by atoms with Gasteiger partial charge < -0.3 is 4.57 Å². The lowest BCUT2D eigenvalue weighted by molar-refractivity contribution is 1.04. The fourth-order valence-electron chi connectivity index (χ4n) is 7.28. The van der Waals surface area contributed by atoms with Gasteiger partial charge in [0.25, 0.3) is 0 Å². The first-order valence-corrected chi connectivity index (χ1v) is 17.1. The molecule has 0 N–H and O–H groups in total. The second kappa shape index (κ2) is 12.6. The van der Waals surface area contributed by atoms with E-state index in [1.165, 1.54) is 5.56 Å². The molecule has 0 aliphatic heterocycles. The van der Waals surface area contributed by atoms with Crippen LogP contribution in [0.25, 0.3) is 84.1 Å². The Morgan fingerprint density at radius 2 is 1.35 bits per heavy atom. The first-order valence-electron chi connectivity index (χ1n) is 17.1. The molecule has 51 heavy (non-hydrogen) atoms. The third-order valence-electron chi connectivity index (χ3n) is 9.62. The summed E-state index contributed by atoms with van der Waals surface area (Å²) in [4.78, 5) is 15.1. The summed E-state index contributed by atoms with van der Waals surface area (Å²) in [5.74, 6) is 0.684. The third kappa shape index (κ3) is 5.06. The number of pyridine rings is 1. The maximum atomic E-state index is 5.25. The monoisotopic (exact) mass is 655 g/mol. The van der Waals surface area contributed by atoms with E-state index < -0.39 is 0 Å². The number of aromatic nitrogens is 5. The Labute approximate surface area is 296 Å². The van der Waals surface area contributed by atoms with Crippen LogP contribution in [0.3, 0.4) is 0 Å². The highest BCUT2D eigenvalue weighted by Crippen LogP contribution is 2.41. The van der Waals surface area contributed by atoms with Crippen LogP contribution < -0.4 is 0 Å². The van der Waals surface area contributed by atoms with E-state index in [2.05, 4.69) is 132 Å². The highest BCUT2D eigenvalue weighted by atomic mass is 15.1. The molecule has 0 spiro atoms. The second-order valence-corrected chi connectivity index (χ2v) is 12.6. The Morgan fingerprint density at radius 1 is 0.627 bits per heavy atom. The summed E-state index contributed by atoms with van der Waals surface area (Å²) in [5.41, 5.74) is 12.4. The Balaban J connectivity index is 1.34. The summed E-state index contributed by atoms with van der Waals surface area (Å²) in [6, 6.07) is 48.5. The lowest BCUT2D eigenvalue weighted by Gasteiger charge is -2.17. The number of para-hydroxylation sites is 2. The molecule has 0 radical (unpaired) electrons. The molecule has 9 rings (SSSR count). The van der Waals surface area contributed by atoms with Crippen molar-refractivity contribution < 1.29 is 0 Å². The largest absolute Gasteiger partial charge is 0.305 e. The lowest BCUT2D eigenvalue weighted by atomic mass is 9.99. The van der Waals surface area contributed by atoms with Crippen LogP contribution in [0.5, 0.6) is 0 Å². The molecule has 5 aromatic carbocycles. The zero-order chi connectivity index (χ0) is 34.3. The minimum Gasteiger partial charge on any atom is -0.305 e. The van der Waals surface area contributed by atoms with Crippen LogP contribution in [0.1, 0.15) is 11.3 Å². The Bertz CT molecular complexity index is 2760. The molecular formula is C46H33N5. The van der Waals surface area contributed by atoms with Crippen molar-refractivity contribution in [3.8, 4) is 45.1 Å². The smallest absolute Gasteiger partial charge is 0.159 e. The highest BCUT2D eigenvalue weighted by Gasteiger charge is 2.23. The number of rotatable bonds is 7. The van der Waals surface area contributed by atoms with E-state index in [0.29, 0.717) is 5.82 Å². The van der Waals surface area contributed by atoms with Gasteiger partial charge in [0.15, 0.2) is 5.82 Å². The van der Waals surface area contributed by atoms with E-state index in [-0.39, 0.29) is 0 Å². The van der Waals surface area contributed by atoms with Crippen LogP contribution >= 0.6 is 0 Å². The average molecular weight is 656 g/mol. The third-order valence-corrected chi connectivity index (χ3v) is 9.62. The Morgan fingerprint density at radius 3 is 2.12 bits per heavy atom. The van der Waals surface area contributed by atoms with Gasteiger partial charge in [0.2, 0.25) is 0 Å². The molecule has 4 heterocycles. The Hall–Kier alpha value is -6.85. The van der Waals surface area contributed by atoms with E-state index in [1.54, 1.807) is 0 Å². The minimum absolute atomic E-state index is 0.684. The van der Waals surface area contributed by atoms with Crippen molar-refractivity contribution in [1.82, 2.24) is 24.1 Å². The lowest BCUT2D eigenvalue weighted by Crippen LogP contribution is -2.05. The number of nitrogens with zero attached hydrogens (tertiary/aromatic N) is 5. The molecule has 0 fully saturated rings. The first-order chi connectivity index (χ1) is 25.2. The van der Waals surface area contributed by atoms with Gasteiger partial charge in [-0.2, -0.15) is 0 Å². The topological polar surface area (TPSA) is 48.5 Å². The Kier molecular flexibility index (Phi) is 7.44. The fourth-order valence-corrected chi connectivity index (χ4v) is 7.28. The zero-order valence-electron chi connectivity index (χ0n) is 28.1. The molecule has 0 bridgehead atoms. The number of hydrogen-bond donors (Lipinski definition) is 0. The number of benzene rings is 5. The van der Waals surface area contributed by atoms with Crippen molar-refractivity contribution in [2.75, 3.05) is 0 Å². The molecule has 0 unspecified atom stereocenters. The summed E-state index contributed by atoms with van der Waals surface area (Å²) in [6.45, 7) is 6.18. The zero-order valence-corrected chi connectivity index (χ0v) is 28.1. The maximum Gasteiger partial charge on any atom is 0.159 e. The maximum absolute atomic E-state index is 5.25. The SMILES string of the molecule is C=C/C=C\c1c(C)c2cccc(-c3ccc4c(c3)c3cccnc3n4-c3ccccc3)c2n1-c1cnc(-c2ccccc2)nc1-c1ccccc1. The molecule has 0 aliphatic carbocycles. The van der Waals surface area contributed by atoms with Gasteiger partial charge in [0.1, 0.15) is 5.65 Å². The van der Waals surface area contributed by atoms with Crippen molar-refractivity contribution in [3.05, 3.63) is 182 Å². The van der Waals surface area contributed by atoms with Gasteiger partial charge >= 0.3 is 0 Å². The molecular weight excluding hydrogens is 623 g/mol. The molecule has 5 heteroatoms. The molecule has 242 valence electrons. The second-order valence-electron chi connectivity index (χ2n) is 12.6. The van der Waals surface area contributed by atoms with Crippen LogP contribution in [0.4, 0.5) is 0 Å². The van der Waals surface area contributed by atoms with Gasteiger partial charge in [-0.25, -0.2) is 15.0 Å². The van der Waals surface area contributed by atoms with Crippen molar-refractivity contribution in [2.45, 2.75) is 6.92 Å². The van der Waals surface area contributed by atoms with E-state index in [4.69, 9.17) is 15.0 Å². The standard InChI is InChI=1S/C46H33N5/c1-3-4-25-40-31(2)36-22-14-23-37(34-26-27-41-39(29-34)38-24-15-28-47-46(38)50(41)35-20-12-7-13-21-35)44(36)51(40)42-30-48-45(33-18-10-6-11-19-33)49-43(42)32-16-8-5-9-17-32/h3-30H,1H2,2H3/b25-4-. The van der Waals surface area contributed by atoms with Gasteiger partial charge in [0.05, 0.1) is 28.6 Å². The van der Waals surface area contributed by atoms with Gasteiger partial charge in [-0.1, -0.05) is 122 Å². The summed E-state index contributed by atoms with van der Waals surface area (Å²) < 4.78 is 4.58. The van der Waals surface area contributed by atoms with Crippen molar-refractivity contribution in [1.29, 1.82) is 0 Å². The van der Waals surface area contributed by atoms with Crippen LogP contribution in [-0.2, 0) is 0 Å². The fraction of sp³-hybridized carbons (Fsp3) is 0.0217. The molecule has 0 atom stereocenters. The predicted octanol–water partition coefficient (Wildman–Crippen LogP) is 11.4. The average Bonchev–Trinajstić information content (AvgIpc) is 3.68. The normalized spacial score (nSPS) is 11.6. The summed E-state index contributed by atoms with van der Waals surface area (Å²) in [7, 11) is 0. The van der Waals surface area contributed by atoms with E-state index in [1.807, 2.05) is 60.9 Å². The first kappa shape index (κ1) is 30.2. The summed E-state index contributed by atoms with van der Waals surface area (Å²) in [6.07, 6.45) is 9.79. The van der Waals surface area contributed by atoms with Crippen LogP contribution in [0.15, 0.2) is 171 Å². The number of allylic oxidation sites excluding steroid dienone is 2. The molecule has 9 aromatic rings. The molecule has 0 amide bonds. The molecule has 4 aromatic heterocycles. The minimum atomic E-state index is 0.684. The number of aryl methyl sites for hydroxylation is 1. The molecule has 0 aliphatic rings. The van der Waals surface area contributed by atoms with Crippen molar-refractivity contribution in [3.63, 3.8) is 0 Å². The summed E-state index contributed by atoms with van der Waals surface area (Å²) in [5, 5.41) is 3.43. The van der Waals surface area contributed by atoms with Gasteiger partial charge in [0, 0.05) is 50.4 Å².